The number of fused-ring (bicyclic) bond motifs is 6. The van der Waals surface area contributed by atoms with Gasteiger partial charge in [0.15, 0.2) is 0 Å². The third kappa shape index (κ3) is 2.00. The summed E-state index contributed by atoms with van der Waals surface area (Å²) in [6, 6.07) is 36.5. The zero-order chi connectivity index (χ0) is 20.5. The maximum absolute atomic E-state index is 9.94. The number of rotatable bonds is 1. The molecule has 0 N–H and O–H groups in total. The van der Waals surface area contributed by atoms with Gasteiger partial charge in [0.1, 0.15) is 0 Å². The Hall–Kier alpha value is -4.35. The van der Waals surface area contributed by atoms with Crippen LogP contribution in [-0.2, 0) is 0 Å². The number of nitriles is 1. The summed E-state index contributed by atoms with van der Waals surface area (Å²) in [5.41, 5.74) is 8.76. The molecular weight excluding hydrogens is 376 g/mol. The van der Waals surface area contributed by atoms with Crippen LogP contribution in [0.15, 0.2) is 97.1 Å². The molecular formula is C29H16N2. The van der Waals surface area contributed by atoms with Crippen molar-refractivity contribution in [2.24, 2.45) is 0 Å². The number of hydrogen-bond acceptors (Lipinski definition) is 1. The van der Waals surface area contributed by atoms with Crippen molar-refractivity contribution in [1.82, 2.24) is 4.57 Å². The van der Waals surface area contributed by atoms with Crippen molar-refractivity contribution in [3.63, 3.8) is 0 Å². The summed E-state index contributed by atoms with van der Waals surface area (Å²) in [5.74, 6) is 0. The fourth-order valence-electron chi connectivity index (χ4n) is 5.36. The molecule has 0 spiro atoms. The van der Waals surface area contributed by atoms with Crippen LogP contribution >= 0.6 is 0 Å². The number of para-hydroxylation sites is 2. The highest BCUT2D eigenvalue weighted by molar-refractivity contribution is 6.19. The Labute approximate surface area is 179 Å². The second-order valence-electron chi connectivity index (χ2n) is 8.07. The van der Waals surface area contributed by atoms with Crippen molar-refractivity contribution < 1.29 is 0 Å². The summed E-state index contributed by atoms with van der Waals surface area (Å²) in [4.78, 5) is 0. The molecule has 2 heteroatoms. The predicted molar refractivity (Wildman–Crippen MR) is 127 cm³/mol. The molecule has 0 radical (unpaired) electrons. The van der Waals surface area contributed by atoms with E-state index in [9.17, 15) is 5.26 Å². The van der Waals surface area contributed by atoms with E-state index in [0.717, 1.165) is 27.9 Å². The molecule has 1 aliphatic rings. The highest BCUT2D eigenvalue weighted by Gasteiger charge is 2.28. The van der Waals surface area contributed by atoms with E-state index in [1.807, 2.05) is 6.07 Å². The van der Waals surface area contributed by atoms with Crippen molar-refractivity contribution in [3.8, 4) is 34.0 Å². The smallest absolute Gasteiger partial charge is 0.0998 e. The van der Waals surface area contributed by atoms with E-state index in [-0.39, 0.29) is 0 Å². The van der Waals surface area contributed by atoms with E-state index in [1.54, 1.807) is 0 Å². The van der Waals surface area contributed by atoms with E-state index in [1.165, 1.54) is 38.1 Å². The zero-order valence-corrected chi connectivity index (χ0v) is 16.6. The quantitative estimate of drug-likeness (QED) is 0.285. The third-order valence-corrected chi connectivity index (χ3v) is 6.57. The highest BCUT2D eigenvalue weighted by atomic mass is 15.0. The lowest BCUT2D eigenvalue weighted by atomic mass is 9.97. The maximum atomic E-state index is 9.94. The van der Waals surface area contributed by atoms with Gasteiger partial charge in [0, 0.05) is 21.9 Å². The van der Waals surface area contributed by atoms with E-state index in [2.05, 4.69) is 102 Å². The molecule has 31 heavy (non-hydrogen) atoms. The minimum absolute atomic E-state index is 0.725. The average molecular weight is 392 g/mol. The van der Waals surface area contributed by atoms with E-state index < -0.39 is 0 Å². The largest absolute Gasteiger partial charge is 0.309 e. The van der Waals surface area contributed by atoms with Gasteiger partial charge in [-0.05, 0) is 46.2 Å². The first-order chi connectivity index (χ1) is 15.4. The van der Waals surface area contributed by atoms with Gasteiger partial charge in [0.05, 0.1) is 28.4 Å². The maximum Gasteiger partial charge on any atom is 0.0998 e. The van der Waals surface area contributed by atoms with Crippen LogP contribution < -0.4 is 0 Å². The van der Waals surface area contributed by atoms with Crippen LogP contribution in [0.3, 0.4) is 0 Å². The molecule has 0 bridgehead atoms. The number of hydrogen-bond donors (Lipinski definition) is 0. The van der Waals surface area contributed by atoms with Crippen LogP contribution in [-0.4, -0.2) is 4.57 Å². The van der Waals surface area contributed by atoms with Crippen molar-refractivity contribution in [3.05, 3.63) is 103 Å². The fourth-order valence-corrected chi connectivity index (χ4v) is 5.36. The van der Waals surface area contributed by atoms with Gasteiger partial charge in [-0.2, -0.15) is 5.26 Å². The monoisotopic (exact) mass is 392 g/mol. The molecule has 1 aliphatic carbocycles. The van der Waals surface area contributed by atoms with E-state index in [0.29, 0.717) is 0 Å². The Bertz CT molecular complexity index is 1690. The second-order valence-corrected chi connectivity index (χ2v) is 8.07. The normalized spacial score (nSPS) is 11.8. The van der Waals surface area contributed by atoms with Crippen molar-refractivity contribution >= 4 is 32.6 Å². The minimum Gasteiger partial charge on any atom is -0.309 e. The SMILES string of the molecule is N#Cc1ccc(-n2c3ccccc3c3ccccc32)c2c1-c1cccc3cccc-2c13. The lowest BCUT2D eigenvalue weighted by molar-refractivity contribution is 1.18. The third-order valence-electron chi connectivity index (χ3n) is 6.57. The Morgan fingerprint density at radius 2 is 1.19 bits per heavy atom. The Morgan fingerprint density at radius 3 is 1.84 bits per heavy atom. The van der Waals surface area contributed by atoms with Gasteiger partial charge in [-0.1, -0.05) is 72.8 Å². The first-order valence-corrected chi connectivity index (χ1v) is 10.4. The summed E-state index contributed by atoms with van der Waals surface area (Å²) < 4.78 is 2.36. The summed E-state index contributed by atoms with van der Waals surface area (Å²) in [6.45, 7) is 0. The Balaban J connectivity index is 1.71. The summed E-state index contributed by atoms with van der Waals surface area (Å²) in [5, 5.41) is 14.9. The lowest BCUT2D eigenvalue weighted by Crippen LogP contribution is -1.98. The van der Waals surface area contributed by atoms with Gasteiger partial charge >= 0.3 is 0 Å². The van der Waals surface area contributed by atoms with Gasteiger partial charge in [0.25, 0.3) is 0 Å². The van der Waals surface area contributed by atoms with Crippen LogP contribution in [0, 0.1) is 11.3 Å². The van der Waals surface area contributed by atoms with Crippen LogP contribution in [0.5, 0.6) is 0 Å². The summed E-state index contributed by atoms with van der Waals surface area (Å²) in [7, 11) is 0. The first kappa shape index (κ1) is 16.4. The summed E-state index contributed by atoms with van der Waals surface area (Å²) in [6.07, 6.45) is 0. The molecule has 0 atom stereocenters. The molecule has 142 valence electrons. The molecule has 6 aromatic rings. The van der Waals surface area contributed by atoms with Gasteiger partial charge in [-0.15, -0.1) is 0 Å². The Kier molecular flexibility index (Phi) is 3.10. The molecule has 0 saturated heterocycles. The van der Waals surface area contributed by atoms with Gasteiger partial charge in [-0.25, -0.2) is 0 Å². The van der Waals surface area contributed by atoms with Gasteiger partial charge in [-0.3, -0.25) is 0 Å². The van der Waals surface area contributed by atoms with Gasteiger partial charge < -0.3 is 4.57 Å². The van der Waals surface area contributed by atoms with Crippen molar-refractivity contribution in [2.45, 2.75) is 0 Å². The number of aromatic nitrogens is 1. The lowest BCUT2D eigenvalue weighted by Gasteiger charge is -2.15. The molecule has 7 rings (SSSR count). The fraction of sp³-hybridized carbons (Fsp3) is 0. The topological polar surface area (TPSA) is 28.7 Å². The van der Waals surface area contributed by atoms with Crippen LogP contribution in [0.4, 0.5) is 0 Å². The molecule has 1 heterocycles. The minimum atomic E-state index is 0.725. The molecule has 0 saturated carbocycles. The standard InChI is InChI=1S/C29H16N2/c30-17-19-15-16-26(29-23-12-6-8-18-7-5-11-22(27(18)23)28(19)29)31-24-13-3-1-9-20(24)21-10-2-4-14-25(21)31/h1-16H. The summed E-state index contributed by atoms with van der Waals surface area (Å²) >= 11 is 0. The Morgan fingerprint density at radius 1 is 0.581 bits per heavy atom. The number of benzene rings is 5. The molecule has 0 aliphatic heterocycles. The number of nitrogens with zero attached hydrogens (tertiary/aromatic N) is 2. The second kappa shape index (κ2) is 5.84. The zero-order valence-electron chi connectivity index (χ0n) is 16.6. The molecule has 0 fully saturated rings. The molecule has 1 aromatic heterocycles. The van der Waals surface area contributed by atoms with Crippen LogP contribution in [0.25, 0.3) is 60.5 Å². The molecule has 0 amide bonds. The van der Waals surface area contributed by atoms with Crippen molar-refractivity contribution in [1.29, 1.82) is 5.26 Å². The first-order valence-electron chi connectivity index (χ1n) is 10.4. The van der Waals surface area contributed by atoms with Crippen LogP contribution in [0.2, 0.25) is 0 Å². The van der Waals surface area contributed by atoms with Crippen molar-refractivity contribution in [2.75, 3.05) is 0 Å². The average Bonchev–Trinajstić information content (AvgIpc) is 3.34. The molecule has 0 unspecified atom stereocenters. The van der Waals surface area contributed by atoms with Crippen LogP contribution in [0.1, 0.15) is 5.56 Å². The predicted octanol–water partition coefficient (Wildman–Crippen LogP) is 7.46. The van der Waals surface area contributed by atoms with E-state index in [4.69, 9.17) is 0 Å². The molecule has 2 nitrogen and oxygen atoms in total. The molecule has 5 aromatic carbocycles. The highest BCUT2D eigenvalue weighted by Crippen LogP contribution is 2.51. The van der Waals surface area contributed by atoms with E-state index >= 15 is 0 Å². The van der Waals surface area contributed by atoms with Gasteiger partial charge in [0.2, 0.25) is 0 Å².